The lowest BCUT2D eigenvalue weighted by Gasteiger charge is -2.06. The maximum atomic E-state index is 11.7. The average Bonchev–Trinajstić information content (AvgIpc) is 2.47. The summed E-state index contributed by atoms with van der Waals surface area (Å²) in [5, 5.41) is 0.768. The molecule has 0 aliphatic rings. The molecule has 0 aromatic carbocycles. The van der Waals surface area contributed by atoms with Gasteiger partial charge in [-0.15, -0.1) is 11.3 Å². The zero-order valence-electron chi connectivity index (χ0n) is 7.65. The Balaban J connectivity index is 3.04. The number of sulfone groups is 1. The van der Waals surface area contributed by atoms with Crippen molar-refractivity contribution in [3.63, 3.8) is 0 Å². The van der Waals surface area contributed by atoms with Crippen molar-refractivity contribution in [1.82, 2.24) is 0 Å². The minimum absolute atomic E-state index is 0.352. The quantitative estimate of drug-likeness (QED) is 0.803. The van der Waals surface area contributed by atoms with E-state index in [-0.39, 0.29) is 5.78 Å². The van der Waals surface area contributed by atoms with Crippen LogP contribution in [0.15, 0.2) is 15.9 Å². The van der Waals surface area contributed by atoms with Crippen LogP contribution in [0.5, 0.6) is 0 Å². The van der Waals surface area contributed by atoms with Crippen LogP contribution in [0.3, 0.4) is 0 Å². The van der Waals surface area contributed by atoms with Gasteiger partial charge in [-0.1, -0.05) is 0 Å². The summed E-state index contributed by atoms with van der Waals surface area (Å²) in [4.78, 5) is 12.1. The number of halogens is 1. The summed E-state index contributed by atoms with van der Waals surface area (Å²) in [6, 6.07) is 1.73. The van der Waals surface area contributed by atoms with Crippen molar-refractivity contribution < 1.29 is 13.2 Å². The van der Waals surface area contributed by atoms with E-state index in [1.807, 2.05) is 0 Å². The molecule has 0 amide bonds. The van der Waals surface area contributed by atoms with Gasteiger partial charge in [-0.25, -0.2) is 8.42 Å². The van der Waals surface area contributed by atoms with E-state index < -0.39 is 15.1 Å². The lowest BCUT2D eigenvalue weighted by atomic mass is 10.2. The van der Waals surface area contributed by atoms with Crippen LogP contribution in [0.4, 0.5) is 0 Å². The minimum atomic E-state index is -3.31. The fourth-order valence-corrected chi connectivity index (χ4v) is 3.03. The van der Waals surface area contributed by atoms with E-state index in [9.17, 15) is 13.2 Å². The topological polar surface area (TPSA) is 51.2 Å². The molecule has 0 saturated carbocycles. The molecule has 0 radical (unpaired) electrons. The van der Waals surface area contributed by atoms with Crippen LogP contribution in [0.25, 0.3) is 0 Å². The second-order valence-electron chi connectivity index (χ2n) is 2.93. The van der Waals surface area contributed by atoms with Crippen LogP contribution in [-0.4, -0.2) is 25.7 Å². The Morgan fingerprint density at radius 3 is 2.50 bits per heavy atom. The van der Waals surface area contributed by atoms with E-state index in [0.29, 0.717) is 9.35 Å². The number of Topliss-reactive ketones (excluding diaryl/α,β-unsaturated/α-hetero) is 1. The molecule has 1 heterocycles. The molecule has 1 aromatic heterocycles. The van der Waals surface area contributed by atoms with Gasteiger partial charge in [0.2, 0.25) is 0 Å². The van der Waals surface area contributed by atoms with E-state index in [0.717, 1.165) is 6.26 Å². The number of carbonyl (C=O) groups is 1. The predicted molar refractivity (Wildman–Crippen MR) is 60.7 cm³/mol. The van der Waals surface area contributed by atoms with Gasteiger partial charge in [-0.05, 0) is 34.3 Å². The molecule has 0 saturated heterocycles. The Morgan fingerprint density at radius 1 is 1.57 bits per heavy atom. The van der Waals surface area contributed by atoms with Gasteiger partial charge in [0.05, 0.1) is 4.88 Å². The molecule has 0 aliphatic heterocycles. The smallest absolute Gasteiger partial charge is 0.191 e. The van der Waals surface area contributed by atoms with E-state index in [1.54, 1.807) is 11.4 Å². The summed E-state index contributed by atoms with van der Waals surface area (Å²) in [6.45, 7) is 1.41. The van der Waals surface area contributed by atoms with Crippen molar-refractivity contribution in [2.45, 2.75) is 12.2 Å². The van der Waals surface area contributed by atoms with Gasteiger partial charge in [-0.3, -0.25) is 4.79 Å². The van der Waals surface area contributed by atoms with Crippen molar-refractivity contribution in [3.05, 3.63) is 20.8 Å². The fourth-order valence-electron chi connectivity index (χ4n) is 0.849. The Labute approximate surface area is 95.2 Å². The first kappa shape index (κ1) is 11.9. The minimum Gasteiger partial charge on any atom is -0.292 e. The van der Waals surface area contributed by atoms with E-state index in [1.165, 1.54) is 18.3 Å². The van der Waals surface area contributed by atoms with Gasteiger partial charge in [0, 0.05) is 10.7 Å². The molecular formula is C8H9BrO3S2. The number of carbonyl (C=O) groups excluding carboxylic acids is 1. The summed E-state index contributed by atoms with van der Waals surface area (Å²) < 4.78 is 23.0. The third-order valence-corrected chi connectivity index (χ3v) is 5.20. The maximum absolute atomic E-state index is 11.7. The molecule has 1 aromatic rings. The van der Waals surface area contributed by atoms with Gasteiger partial charge in [-0.2, -0.15) is 0 Å². The second-order valence-corrected chi connectivity index (χ2v) is 7.07. The zero-order valence-corrected chi connectivity index (χ0v) is 10.9. The van der Waals surface area contributed by atoms with Crippen molar-refractivity contribution in [1.29, 1.82) is 0 Å². The van der Waals surface area contributed by atoms with Crippen LogP contribution in [0.1, 0.15) is 16.6 Å². The second kappa shape index (κ2) is 4.12. The first-order valence-corrected chi connectivity index (χ1v) is 7.43. The molecule has 0 aliphatic carbocycles. The first-order valence-electron chi connectivity index (χ1n) is 3.80. The highest BCUT2D eigenvalue weighted by molar-refractivity contribution is 9.10. The van der Waals surface area contributed by atoms with E-state index >= 15 is 0 Å². The standard InChI is InChI=1S/C8H9BrO3S2/c1-5(14(2,11)12)7(10)8-6(9)3-4-13-8/h3-5H,1-2H3. The lowest BCUT2D eigenvalue weighted by Crippen LogP contribution is -2.25. The van der Waals surface area contributed by atoms with Gasteiger partial charge < -0.3 is 0 Å². The molecule has 0 spiro atoms. The van der Waals surface area contributed by atoms with Crippen LogP contribution in [-0.2, 0) is 9.84 Å². The third-order valence-electron chi connectivity index (χ3n) is 1.85. The van der Waals surface area contributed by atoms with Crippen molar-refractivity contribution in [2.24, 2.45) is 0 Å². The molecule has 14 heavy (non-hydrogen) atoms. The summed E-state index contributed by atoms with van der Waals surface area (Å²) >= 11 is 4.44. The summed E-state index contributed by atoms with van der Waals surface area (Å²) in [5.41, 5.74) is 0. The van der Waals surface area contributed by atoms with E-state index in [2.05, 4.69) is 15.9 Å². The van der Waals surface area contributed by atoms with Crippen LogP contribution in [0, 0.1) is 0 Å². The maximum Gasteiger partial charge on any atom is 0.191 e. The highest BCUT2D eigenvalue weighted by atomic mass is 79.9. The van der Waals surface area contributed by atoms with Crippen molar-refractivity contribution in [3.8, 4) is 0 Å². The number of ketones is 1. The first-order chi connectivity index (χ1) is 6.34. The Kier molecular flexibility index (Phi) is 3.49. The summed E-state index contributed by atoms with van der Waals surface area (Å²) in [5.74, 6) is -0.352. The van der Waals surface area contributed by atoms with Crippen LogP contribution >= 0.6 is 27.3 Å². The van der Waals surface area contributed by atoms with Crippen molar-refractivity contribution >= 4 is 42.9 Å². The number of hydrogen-bond acceptors (Lipinski definition) is 4. The van der Waals surface area contributed by atoms with Gasteiger partial charge in [0.15, 0.2) is 15.6 Å². The SMILES string of the molecule is CC(C(=O)c1sccc1Br)S(C)(=O)=O. The number of rotatable bonds is 3. The number of hydrogen-bond donors (Lipinski definition) is 0. The molecule has 1 atom stereocenters. The van der Waals surface area contributed by atoms with E-state index in [4.69, 9.17) is 0 Å². The summed E-state index contributed by atoms with van der Waals surface area (Å²) in [6.07, 6.45) is 1.07. The normalized spacial score (nSPS) is 13.9. The molecule has 0 N–H and O–H groups in total. The van der Waals surface area contributed by atoms with Gasteiger partial charge >= 0.3 is 0 Å². The molecule has 0 bridgehead atoms. The van der Waals surface area contributed by atoms with Gasteiger partial charge in [0.1, 0.15) is 5.25 Å². The Hall–Kier alpha value is -0.200. The molecule has 0 fully saturated rings. The Bertz CT molecular complexity index is 447. The predicted octanol–water partition coefficient (Wildman–Crippen LogP) is 2.13. The molecular weight excluding hydrogens is 288 g/mol. The number of thiophene rings is 1. The third kappa shape index (κ3) is 2.43. The molecule has 1 rings (SSSR count). The molecule has 78 valence electrons. The Morgan fingerprint density at radius 2 is 2.14 bits per heavy atom. The van der Waals surface area contributed by atoms with Gasteiger partial charge in [0.25, 0.3) is 0 Å². The highest BCUT2D eigenvalue weighted by Crippen LogP contribution is 2.25. The largest absolute Gasteiger partial charge is 0.292 e. The monoisotopic (exact) mass is 296 g/mol. The summed E-state index contributed by atoms with van der Waals surface area (Å²) in [7, 11) is -3.31. The lowest BCUT2D eigenvalue weighted by molar-refractivity contribution is 0.0995. The molecule has 3 nitrogen and oxygen atoms in total. The fraction of sp³-hybridized carbons (Fsp3) is 0.375. The van der Waals surface area contributed by atoms with Crippen LogP contribution in [0.2, 0.25) is 0 Å². The van der Waals surface area contributed by atoms with Crippen LogP contribution < -0.4 is 0 Å². The molecule has 1 unspecified atom stereocenters. The van der Waals surface area contributed by atoms with Crippen molar-refractivity contribution in [2.75, 3.05) is 6.26 Å². The average molecular weight is 297 g/mol. The zero-order chi connectivity index (χ0) is 10.9. The molecule has 6 heteroatoms. The highest BCUT2D eigenvalue weighted by Gasteiger charge is 2.26.